The number of phenols is 1. The molecular weight excluding hydrogens is 333 g/mol. The number of hydrogen-bond acceptors (Lipinski definition) is 4. The molecule has 6 nitrogen and oxygen atoms in total. The van der Waals surface area contributed by atoms with Crippen molar-refractivity contribution in [3.63, 3.8) is 0 Å². The van der Waals surface area contributed by atoms with Crippen LogP contribution in [0.4, 0.5) is 10.2 Å². The Bertz CT molecular complexity index is 767. The standard InChI is InChI=1S/C19H24FN5O/c1-2-21-19(23-12-14-5-3-6-16(26)11-14)24-15-8-10-25(13-15)18-17(20)7-4-9-22-18/h3-7,9,11,15,26H,2,8,10,12-13H2,1H3,(H2,21,23,24). The van der Waals surface area contributed by atoms with Gasteiger partial charge in [-0.25, -0.2) is 14.4 Å². The lowest BCUT2D eigenvalue weighted by Crippen LogP contribution is -2.44. The first kappa shape index (κ1) is 18.0. The highest BCUT2D eigenvalue weighted by Crippen LogP contribution is 2.20. The van der Waals surface area contributed by atoms with Gasteiger partial charge in [0.05, 0.1) is 6.54 Å². The highest BCUT2D eigenvalue weighted by molar-refractivity contribution is 5.80. The highest BCUT2D eigenvalue weighted by Gasteiger charge is 2.25. The maximum atomic E-state index is 13.9. The SMILES string of the molecule is CCNC(=NCc1cccc(O)c1)NC1CCN(c2ncccc2F)C1. The number of rotatable bonds is 5. The average Bonchev–Trinajstić information content (AvgIpc) is 3.09. The molecule has 3 N–H and O–H groups in total. The molecule has 1 aromatic carbocycles. The number of benzene rings is 1. The van der Waals surface area contributed by atoms with Gasteiger partial charge in [0.15, 0.2) is 17.6 Å². The minimum atomic E-state index is -0.294. The van der Waals surface area contributed by atoms with Crippen LogP contribution in [0.2, 0.25) is 0 Å². The van der Waals surface area contributed by atoms with Gasteiger partial charge in [0, 0.05) is 31.9 Å². The van der Waals surface area contributed by atoms with Gasteiger partial charge in [-0.3, -0.25) is 0 Å². The van der Waals surface area contributed by atoms with Gasteiger partial charge in [0.1, 0.15) is 5.75 Å². The molecule has 7 heteroatoms. The van der Waals surface area contributed by atoms with Crippen molar-refractivity contribution in [3.05, 3.63) is 54.0 Å². The number of nitrogens with zero attached hydrogens (tertiary/aromatic N) is 3. The molecule has 2 heterocycles. The summed E-state index contributed by atoms with van der Waals surface area (Å²) in [5.41, 5.74) is 0.936. The van der Waals surface area contributed by atoms with Gasteiger partial charge in [-0.2, -0.15) is 0 Å². The zero-order chi connectivity index (χ0) is 18.4. The normalized spacial score (nSPS) is 17.4. The second-order valence-corrected chi connectivity index (χ2v) is 6.25. The van der Waals surface area contributed by atoms with Crippen molar-refractivity contribution in [2.24, 2.45) is 4.99 Å². The maximum Gasteiger partial charge on any atom is 0.191 e. The van der Waals surface area contributed by atoms with Crippen molar-refractivity contribution < 1.29 is 9.50 Å². The van der Waals surface area contributed by atoms with Crippen molar-refractivity contribution in [1.29, 1.82) is 0 Å². The Balaban J connectivity index is 1.61. The zero-order valence-electron chi connectivity index (χ0n) is 14.8. The van der Waals surface area contributed by atoms with Gasteiger partial charge in [-0.15, -0.1) is 0 Å². The fraction of sp³-hybridized carbons (Fsp3) is 0.368. The molecule has 3 rings (SSSR count). The molecule has 0 radical (unpaired) electrons. The Morgan fingerprint density at radius 1 is 1.38 bits per heavy atom. The van der Waals surface area contributed by atoms with E-state index in [0.717, 1.165) is 25.1 Å². The highest BCUT2D eigenvalue weighted by atomic mass is 19.1. The number of anilines is 1. The summed E-state index contributed by atoms with van der Waals surface area (Å²) in [5.74, 6) is 1.06. The third-order valence-corrected chi connectivity index (χ3v) is 4.24. The number of aliphatic imine (C=N–C) groups is 1. The summed E-state index contributed by atoms with van der Waals surface area (Å²) in [6.45, 7) is 4.64. The van der Waals surface area contributed by atoms with Gasteiger partial charge in [0.2, 0.25) is 0 Å². The van der Waals surface area contributed by atoms with E-state index in [9.17, 15) is 9.50 Å². The molecule has 0 bridgehead atoms. The topological polar surface area (TPSA) is 72.8 Å². The number of nitrogens with one attached hydrogen (secondary N) is 2. The molecule has 2 aromatic rings. The molecule has 0 spiro atoms. The second-order valence-electron chi connectivity index (χ2n) is 6.25. The first-order valence-corrected chi connectivity index (χ1v) is 8.84. The van der Waals surface area contributed by atoms with E-state index in [1.54, 1.807) is 30.5 Å². The minimum Gasteiger partial charge on any atom is -0.508 e. The van der Waals surface area contributed by atoms with Crippen LogP contribution in [0.3, 0.4) is 0 Å². The monoisotopic (exact) mass is 357 g/mol. The number of aromatic hydroxyl groups is 1. The molecule has 1 aliphatic rings. The van der Waals surface area contributed by atoms with E-state index in [4.69, 9.17) is 0 Å². The van der Waals surface area contributed by atoms with E-state index in [0.29, 0.717) is 24.9 Å². The Labute approximate surface area is 152 Å². The van der Waals surface area contributed by atoms with E-state index in [1.807, 2.05) is 17.9 Å². The Morgan fingerprint density at radius 2 is 2.27 bits per heavy atom. The molecule has 0 saturated carbocycles. The first-order valence-electron chi connectivity index (χ1n) is 8.84. The Hall–Kier alpha value is -2.83. The number of hydrogen-bond donors (Lipinski definition) is 3. The lowest BCUT2D eigenvalue weighted by Gasteiger charge is -2.20. The molecule has 138 valence electrons. The molecule has 1 aliphatic heterocycles. The predicted molar refractivity (Wildman–Crippen MR) is 101 cm³/mol. The fourth-order valence-corrected chi connectivity index (χ4v) is 3.02. The zero-order valence-corrected chi connectivity index (χ0v) is 14.8. The van der Waals surface area contributed by atoms with Crippen molar-refractivity contribution in [2.45, 2.75) is 25.9 Å². The summed E-state index contributed by atoms with van der Waals surface area (Å²) in [5, 5.41) is 16.2. The summed E-state index contributed by atoms with van der Waals surface area (Å²) in [6.07, 6.45) is 2.49. The van der Waals surface area contributed by atoms with Crippen LogP contribution in [0.25, 0.3) is 0 Å². The number of aromatic nitrogens is 1. The quantitative estimate of drug-likeness (QED) is 0.565. The fourth-order valence-electron chi connectivity index (χ4n) is 3.02. The third-order valence-electron chi connectivity index (χ3n) is 4.24. The van der Waals surface area contributed by atoms with Crippen molar-refractivity contribution >= 4 is 11.8 Å². The van der Waals surface area contributed by atoms with Crippen LogP contribution >= 0.6 is 0 Å². The van der Waals surface area contributed by atoms with Crippen LogP contribution in [0.1, 0.15) is 18.9 Å². The summed E-state index contributed by atoms with van der Waals surface area (Å²) in [6, 6.07) is 10.3. The van der Waals surface area contributed by atoms with Gasteiger partial charge in [0.25, 0.3) is 0 Å². The molecule has 1 atom stereocenters. The van der Waals surface area contributed by atoms with E-state index >= 15 is 0 Å². The van der Waals surface area contributed by atoms with Crippen molar-refractivity contribution in [3.8, 4) is 5.75 Å². The second kappa shape index (κ2) is 8.51. The maximum absolute atomic E-state index is 13.9. The van der Waals surface area contributed by atoms with Crippen molar-refractivity contribution in [2.75, 3.05) is 24.5 Å². The predicted octanol–water partition coefficient (Wildman–Crippen LogP) is 2.26. The Morgan fingerprint density at radius 3 is 3.04 bits per heavy atom. The molecule has 1 saturated heterocycles. The van der Waals surface area contributed by atoms with Crippen LogP contribution in [-0.2, 0) is 6.54 Å². The molecule has 0 aliphatic carbocycles. The van der Waals surface area contributed by atoms with E-state index in [2.05, 4.69) is 20.6 Å². The smallest absolute Gasteiger partial charge is 0.191 e. The molecule has 26 heavy (non-hydrogen) atoms. The van der Waals surface area contributed by atoms with Crippen LogP contribution in [0.5, 0.6) is 5.75 Å². The molecule has 1 unspecified atom stereocenters. The lowest BCUT2D eigenvalue weighted by molar-refractivity contribution is 0.474. The summed E-state index contributed by atoms with van der Waals surface area (Å²) in [7, 11) is 0. The van der Waals surface area contributed by atoms with Crippen molar-refractivity contribution in [1.82, 2.24) is 15.6 Å². The lowest BCUT2D eigenvalue weighted by atomic mass is 10.2. The van der Waals surface area contributed by atoms with Crippen LogP contribution in [0.15, 0.2) is 47.6 Å². The third kappa shape index (κ3) is 4.62. The summed E-state index contributed by atoms with van der Waals surface area (Å²) < 4.78 is 13.9. The van der Waals surface area contributed by atoms with Gasteiger partial charge < -0.3 is 20.6 Å². The average molecular weight is 357 g/mol. The molecule has 1 fully saturated rings. The van der Waals surface area contributed by atoms with Gasteiger partial charge in [-0.1, -0.05) is 12.1 Å². The van der Waals surface area contributed by atoms with E-state index in [-0.39, 0.29) is 17.6 Å². The van der Waals surface area contributed by atoms with Crippen LogP contribution in [-0.4, -0.2) is 41.7 Å². The van der Waals surface area contributed by atoms with Gasteiger partial charge in [-0.05, 0) is 43.2 Å². The number of halogens is 1. The number of guanidine groups is 1. The van der Waals surface area contributed by atoms with E-state index in [1.165, 1.54) is 6.07 Å². The minimum absolute atomic E-state index is 0.165. The molecular formula is C19H24FN5O. The molecule has 1 aromatic heterocycles. The summed E-state index contributed by atoms with van der Waals surface area (Å²) >= 11 is 0. The molecule has 0 amide bonds. The Kier molecular flexibility index (Phi) is 5.88. The largest absolute Gasteiger partial charge is 0.508 e. The first-order chi connectivity index (χ1) is 12.7. The van der Waals surface area contributed by atoms with Crippen LogP contribution < -0.4 is 15.5 Å². The van der Waals surface area contributed by atoms with Gasteiger partial charge >= 0.3 is 0 Å². The summed E-state index contributed by atoms with van der Waals surface area (Å²) in [4.78, 5) is 10.7. The van der Waals surface area contributed by atoms with E-state index < -0.39 is 0 Å². The number of pyridine rings is 1. The number of phenolic OH excluding ortho intramolecular Hbond substituents is 1. The van der Waals surface area contributed by atoms with Crippen LogP contribution in [0, 0.1) is 5.82 Å².